The van der Waals surface area contributed by atoms with E-state index in [1.54, 1.807) is 0 Å². The van der Waals surface area contributed by atoms with Crippen molar-refractivity contribution in [3.63, 3.8) is 0 Å². The van der Waals surface area contributed by atoms with E-state index in [0.717, 1.165) is 0 Å². The van der Waals surface area contributed by atoms with E-state index < -0.39 is 0 Å². The molecule has 7 aromatic carbocycles. The lowest BCUT2D eigenvalue weighted by atomic mass is 9.59. The number of anilines is 2. The molecule has 1 heteroatoms. The van der Waals surface area contributed by atoms with E-state index in [1.807, 2.05) is 0 Å². The monoisotopic (exact) mass is 823 g/mol. The van der Waals surface area contributed by atoms with Crippen LogP contribution >= 0.6 is 0 Å². The Balaban J connectivity index is 0.993. The Morgan fingerprint density at radius 1 is 0.484 bits per heavy atom. The molecule has 0 spiro atoms. The fraction of sp³-hybridized carbons (Fsp3) is 0.143. The van der Waals surface area contributed by atoms with Gasteiger partial charge in [-0.25, -0.2) is 0 Å². The lowest BCUT2D eigenvalue weighted by Gasteiger charge is -2.45. The second-order valence-electron chi connectivity index (χ2n) is 18.7. The molecule has 7 aromatic rings. The third-order valence-corrected chi connectivity index (χ3v) is 14.7. The second-order valence-corrected chi connectivity index (χ2v) is 18.7. The Hall–Kier alpha value is -7.22. The summed E-state index contributed by atoms with van der Waals surface area (Å²) in [6, 6.07) is 65.2. The third kappa shape index (κ3) is 6.61. The molecule has 0 N–H and O–H groups in total. The number of hydrogen-bond donors (Lipinski definition) is 0. The predicted octanol–water partition coefficient (Wildman–Crippen LogP) is 16.4. The average Bonchev–Trinajstić information content (AvgIpc) is 3.57. The Bertz CT molecular complexity index is 3080. The van der Waals surface area contributed by atoms with E-state index in [0.29, 0.717) is 0 Å². The van der Waals surface area contributed by atoms with Crippen molar-refractivity contribution in [3.05, 3.63) is 264 Å². The molecule has 0 fully saturated rings. The highest BCUT2D eigenvalue weighted by molar-refractivity contribution is 5.85. The number of fused-ring (bicyclic) bond motifs is 4. The molecule has 1 nitrogen and oxygen atoms in total. The topological polar surface area (TPSA) is 3.24 Å². The summed E-state index contributed by atoms with van der Waals surface area (Å²) < 4.78 is 0. The van der Waals surface area contributed by atoms with E-state index in [4.69, 9.17) is 0 Å². The van der Waals surface area contributed by atoms with Gasteiger partial charge in [-0.3, -0.25) is 0 Å². The molecule has 0 aromatic heterocycles. The van der Waals surface area contributed by atoms with Crippen LogP contribution in [0, 0.1) is 11.3 Å². The maximum atomic E-state index is 2.62. The minimum absolute atomic E-state index is 0.0505. The number of rotatable bonds is 8. The highest BCUT2D eigenvalue weighted by Gasteiger charge is 2.44. The number of hydrogen-bond acceptors (Lipinski definition) is 1. The van der Waals surface area contributed by atoms with Crippen molar-refractivity contribution in [2.24, 2.45) is 11.3 Å². The number of benzene rings is 7. The van der Waals surface area contributed by atoms with Gasteiger partial charge in [-0.1, -0.05) is 234 Å². The van der Waals surface area contributed by atoms with Gasteiger partial charge in [-0.05, 0) is 108 Å². The fourth-order valence-electron chi connectivity index (χ4n) is 11.2. The second kappa shape index (κ2) is 15.8. The maximum Gasteiger partial charge on any atom is 0.0585 e. The van der Waals surface area contributed by atoms with Gasteiger partial charge in [-0.2, -0.15) is 0 Å². The standard InChI is InChI=1S/C63H53N/c1-43-41-49(46-31-29-45(30-32-46)44-17-7-5-8-18-44)36-40-60(43)64(52-37-33-47(34-38-52)50-35-39-54-53-23-11-13-25-57(53)62(2,3)59(54)42-50)61-28-14-12-24-55(61)58-27-16-22-51-21-15-26-56(63(51,58)4)48-19-9-6-10-20-48/h5-43,58,60H,1-4H3. The van der Waals surface area contributed by atoms with Crippen LogP contribution in [0.5, 0.6) is 0 Å². The zero-order valence-corrected chi connectivity index (χ0v) is 37.1. The third-order valence-electron chi connectivity index (χ3n) is 14.7. The van der Waals surface area contributed by atoms with Crippen molar-refractivity contribution in [2.45, 2.75) is 45.1 Å². The van der Waals surface area contributed by atoms with Crippen molar-refractivity contribution in [3.8, 4) is 33.4 Å². The SMILES string of the molecule is CC1C=C(c2ccc(-c3ccccc3)cc2)C=CC1N(c1ccc(-c2ccc3c(c2)C(C)(C)c2ccccc2-3)cc1)c1ccccc1C1C=CC=C2C=CC=C(c3ccccc3)C21C. The number of allylic oxidation sites excluding steroid dienone is 10. The number of para-hydroxylation sites is 1. The molecule has 310 valence electrons. The van der Waals surface area contributed by atoms with Gasteiger partial charge in [0.05, 0.1) is 6.04 Å². The molecule has 0 amide bonds. The van der Waals surface area contributed by atoms with Gasteiger partial charge in [-0.15, -0.1) is 0 Å². The largest absolute Gasteiger partial charge is 0.334 e. The van der Waals surface area contributed by atoms with Gasteiger partial charge in [0.15, 0.2) is 0 Å². The first-order valence-electron chi connectivity index (χ1n) is 22.9. The average molecular weight is 824 g/mol. The van der Waals surface area contributed by atoms with Crippen LogP contribution in [0.25, 0.3) is 44.5 Å². The van der Waals surface area contributed by atoms with Crippen LogP contribution in [-0.2, 0) is 5.41 Å². The van der Waals surface area contributed by atoms with Gasteiger partial charge >= 0.3 is 0 Å². The van der Waals surface area contributed by atoms with Crippen LogP contribution in [-0.4, -0.2) is 6.04 Å². The maximum absolute atomic E-state index is 2.62. The van der Waals surface area contributed by atoms with Crippen molar-refractivity contribution in [2.75, 3.05) is 4.90 Å². The summed E-state index contributed by atoms with van der Waals surface area (Å²) in [5.41, 5.74) is 20.3. The summed E-state index contributed by atoms with van der Waals surface area (Å²) >= 11 is 0. The van der Waals surface area contributed by atoms with Crippen LogP contribution in [0.3, 0.4) is 0 Å². The van der Waals surface area contributed by atoms with Crippen molar-refractivity contribution >= 4 is 22.5 Å². The molecule has 11 rings (SSSR count). The van der Waals surface area contributed by atoms with E-state index in [2.05, 4.69) is 263 Å². The summed E-state index contributed by atoms with van der Waals surface area (Å²) in [5.74, 6) is 0.310. The Kier molecular flexibility index (Phi) is 9.81. The molecule has 64 heavy (non-hydrogen) atoms. The molecule has 0 aliphatic heterocycles. The van der Waals surface area contributed by atoms with E-state index in [1.165, 1.54) is 89.3 Å². The molecule has 4 unspecified atom stereocenters. The van der Waals surface area contributed by atoms with Crippen molar-refractivity contribution in [1.29, 1.82) is 0 Å². The summed E-state index contributed by atoms with van der Waals surface area (Å²) in [6.07, 6.45) is 21.2. The molecule has 4 atom stereocenters. The van der Waals surface area contributed by atoms with Crippen LogP contribution in [0.15, 0.2) is 236 Å². The Morgan fingerprint density at radius 2 is 1.09 bits per heavy atom. The summed E-state index contributed by atoms with van der Waals surface area (Å²) in [5, 5.41) is 0. The summed E-state index contributed by atoms with van der Waals surface area (Å²) in [6.45, 7) is 9.55. The Morgan fingerprint density at radius 3 is 1.86 bits per heavy atom. The first-order chi connectivity index (χ1) is 31.3. The quantitative estimate of drug-likeness (QED) is 0.148. The van der Waals surface area contributed by atoms with Crippen molar-refractivity contribution in [1.82, 2.24) is 0 Å². The summed E-state index contributed by atoms with van der Waals surface area (Å²) in [4.78, 5) is 2.62. The lowest BCUT2D eigenvalue weighted by Crippen LogP contribution is -2.37. The molecule has 0 bridgehead atoms. The zero-order chi connectivity index (χ0) is 43.4. The summed E-state index contributed by atoms with van der Waals surface area (Å²) in [7, 11) is 0. The molecular formula is C63H53N. The Labute approximate surface area is 379 Å². The number of nitrogens with zero attached hydrogens (tertiary/aromatic N) is 1. The van der Waals surface area contributed by atoms with Crippen LogP contribution in [0.2, 0.25) is 0 Å². The van der Waals surface area contributed by atoms with E-state index in [-0.39, 0.29) is 28.7 Å². The van der Waals surface area contributed by atoms with E-state index >= 15 is 0 Å². The fourth-order valence-corrected chi connectivity index (χ4v) is 11.2. The molecule has 0 saturated carbocycles. The van der Waals surface area contributed by atoms with Gasteiger partial charge in [0.1, 0.15) is 0 Å². The lowest BCUT2D eigenvalue weighted by molar-refractivity contribution is 0.477. The van der Waals surface area contributed by atoms with Crippen LogP contribution in [0.4, 0.5) is 11.4 Å². The first-order valence-corrected chi connectivity index (χ1v) is 22.9. The molecule has 0 heterocycles. The molecule has 0 saturated heterocycles. The van der Waals surface area contributed by atoms with Crippen molar-refractivity contribution < 1.29 is 0 Å². The predicted molar refractivity (Wildman–Crippen MR) is 272 cm³/mol. The first kappa shape index (κ1) is 39.6. The van der Waals surface area contributed by atoms with Gasteiger partial charge in [0.25, 0.3) is 0 Å². The zero-order valence-electron chi connectivity index (χ0n) is 37.1. The van der Waals surface area contributed by atoms with Gasteiger partial charge < -0.3 is 4.90 Å². The highest BCUT2D eigenvalue weighted by Crippen LogP contribution is 2.57. The minimum atomic E-state index is -0.273. The minimum Gasteiger partial charge on any atom is -0.334 e. The van der Waals surface area contributed by atoms with Crippen LogP contribution in [0.1, 0.15) is 61.4 Å². The normalized spacial score (nSPS) is 21.2. The molecule has 4 aliphatic rings. The van der Waals surface area contributed by atoms with Gasteiger partial charge in [0.2, 0.25) is 0 Å². The highest BCUT2D eigenvalue weighted by atomic mass is 15.2. The van der Waals surface area contributed by atoms with Crippen LogP contribution < -0.4 is 4.90 Å². The van der Waals surface area contributed by atoms with Gasteiger partial charge in [0, 0.05) is 28.1 Å². The van der Waals surface area contributed by atoms with E-state index in [9.17, 15) is 0 Å². The molecular weight excluding hydrogens is 771 g/mol. The molecule has 0 radical (unpaired) electrons. The smallest absolute Gasteiger partial charge is 0.0585 e. The molecule has 4 aliphatic carbocycles.